The van der Waals surface area contributed by atoms with Gasteiger partial charge in [-0.15, -0.1) is 11.3 Å². The fourth-order valence-corrected chi connectivity index (χ4v) is 7.40. The number of nitrogens with one attached hydrogen (secondary N) is 1. The minimum absolute atomic E-state index is 0.00534. The van der Waals surface area contributed by atoms with Gasteiger partial charge in [0.15, 0.2) is 0 Å². The molecule has 2 aliphatic heterocycles. The van der Waals surface area contributed by atoms with Crippen LogP contribution in [0.25, 0.3) is 11.0 Å². The summed E-state index contributed by atoms with van der Waals surface area (Å²) in [7, 11) is 0. The summed E-state index contributed by atoms with van der Waals surface area (Å²) in [5.74, 6) is 0.402. The first-order valence-corrected chi connectivity index (χ1v) is 14.5. The first-order chi connectivity index (χ1) is 18.8. The molecule has 1 aromatic carbocycles. The maximum atomic E-state index is 13.1. The Labute approximate surface area is 230 Å². The van der Waals surface area contributed by atoms with Gasteiger partial charge in [-0.1, -0.05) is 12.6 Å². The Hall–Kier alpha value is -3.11. The lowest BCUT2D eigenvalue weighted by molar-refractivity contribution is -0.125. The summed E-state index contributed by atoms with van der Waals surface area (Å²) >= 11 is 0.804. The number of hydrogen-bond donors (Lipinski definition) is 1. The second-order valence-electron chi connectivity index (χ2n) is 11.3. The Morgan fingerprint density at radius 3 is 2.69 bits per heavy atom. The zero-order valence-electron chi connectivity index (χ0n) is 21.9. The van der Waals surface area contributed by atoms with E-state index in [2.05, 4.69) is 39.6 Å². The molecule has 0 atom stereocenters. The number of thiophene rings is 1. The van der Waals surface area contributed by atoms with Crippen LogP contribution in [0.1, 0.15) is 58.6 Å². The minimum Gasteiger partial charge on any atom is -0.339 e. The van der Waals surface area contributed by atoms with Crippen molar-refractivity contribution in [2.75, 3.05) is 31.5 Å². The van der Waals surface area contributed by atoms with Gasteiger partial charge in [-0.2, -0.15) is 0 Å². The molecule has 4 heterocycles. The molecular weight excluding hydrogens is 520 g/mol. The lowest BCUT2D eigenvalue weighted by atomic mass is 9.61. The molecule has 1 aliphatic carbocycles. The highest BCUT2D eigenvalue weighted by molar-refractivity contribution is 7.14. The maximum absolute atomic E-state index is 13.1. The Kier molecular flexibility index (Phi) is 7.01. The lowest BCUT2D eigenvalue weighted by Crippen LogP contribution is -2.42. The van der Waals surface area contributed by atoms with Gasteiger partial charge in [-0.05, 0) is 92.4 Å². The normalized spacial score (nSPS) is 23.2. The van der Waals surface area contributed by atoms with Crippen LogP contribution in [0.4, 0.5) is 14.7 Å². The number of imidazole rings is 1. The van der Waals surface area contributed by atoms with Crippen LogP contribution in [0.5, 0.6) is 0 Å². The van der Waals surface area contributed by atoms with Gasteiger partial charge in [0, 0.05) is 26.2 Å². The molecule has 0 bridgehead atoms. The highest BCUT2D eigenvalue weighted by Crippen LogP contribution is 2.52. The molecule has 3 fully saturated rings. The van der Waals surface area contributed by atoms with Crippen molar-refractivity contribution >= 4 is 40.1 Å². The average molecular weight is 554 g/mol. The molecule has 2 saturated heterocycles. The van der Waals surface area contributed by atoms with E-state index in [0.717, 1.165) is 74.4 Å². The first-order valence-electron chi connectivity index (χ1n) is 13.6. The van der Waals surface area contributed by atoms with E-state index in [9.17, 15) is 18.4 Å². The van der Waals surface area contributed by atoms with E-state index in [4.69, 9.17) is 4.98 Å². The summed E-state index contributed by atoms with van der Waals surface area (Å²) in [6.45, 7) is 8.94. The molecule has 3 aliphatic rings. The fraction of sp³-hybridized carbons (Fsp3) is 0.483. The van der Waals surface area contributed by atoms with Gasteiger partial charge < -0.3 is 9.47 Å². The van der Waals surface area contributed by atoms with E-state index in [1.165, 1.54) is 36.6 Å². The van der Waals surface area contributed by atoms with E-state index in [0.29, 0.717) is 18.4 Å². The van der Waals surface area contributed by atoms with Gasteiger partial charge in [0.05, 0.1) is 20.8 Å². The molecule has 3 aromatic rings. The lowest BCUT2D eigenvalue weighted by Gasteiger charge is -2.45. The van der Waals surface area contributed by atoms with E-state index in [-0.39, 0.29) is 21.1 Å². The molecule has 7 nitrogen and oxygen atoms in total. The number of alkyl halides is 2. The number of halogens is 2. The number of hydrogen-bond acceptors (Lipinski definition) is 5. The molecule has 39 heavy (non-hydrogen) atoms. The quantitative estimate of drug-likeness (QED) is 0.364. The molecule has 206 valence electrons. The molecule has 2 amide bonds. The molecule has 6 rings (SSSR count). The topological polar surface area (TPSA) is 70.5 Å². The second-order valence-corrected chi connectivity index (χ2v) is 12.4. The van der Waals surface area contributed by atoms with E-state index in [1.54, 1.807) is 0 Å². The SMILES string of the molecule is C=CC(=O)N1CCC2(CC(Cn3c(NC(=O)c4ccc(C(F)F)s4)nc4cc(CN5CCCC5)ccc43)C2)C1. The number of carbonyl (C=O) groups excluding carboxylic acids is 2. The minimum atomic E-state index is -2.60. The van der Waals surface area contributed by atoms with Crippen LogP contribution in [0.3, 0.4) is 0 Å². The van der Waals surface area contributed by atoms with Crippen molar-refractivity contribution in [2.45, 2.75) is 51.6 Å². The third kappa shape index (κ3) is 5.24. The first kappa shape index (κ1) is 26.1. The standard InChI is InChI=1S/C29H33F2N5O2S/c1-2-25(37)35-12-9-29(18-35)14-20(15-29)17-36-22-6-5-19(16-34-10-3-4-11-34)13-21(22)32-28(36)33-27(38)24-8-7-23(39-24)26(30)31/h2,5-8,13,20,26H,1,3-4,9-12,14-18H2,(H,32,33,38). The molecular formula is C29H33F2N5O2S. The Morgan fingerprint density at radius 1 is 1.18 bits per heavy atom. The van der Waals surface area contributed by atoms with Gasteiger partial charge in [0.1, 0.15) is 0 Å². The number of likely N-dealkylation sites (tertiary alicyclic amines) is 2. The number of nitrogens with zero attached hydrogens (tertiary/aromatic N) is 4. The molecule has 10 heteroatoms. The van der Waals surface area contributed by atoms with Crippen molar-refractivity contribution in [2.24, 2.45) is 11.3 Å². The molecule has 1 spiro atoms. The number of anilines is 1. The zero-order valence-corrected chi connectivity index (χ0v) is 22.7. The van der Waals surface area contributed by atoms with Gasteiger partial charge >= 0.3 is 0 Å². The Balaban J connectivity index is 1.23. The van der Waals surface area contributed by atoms with Crippen LogP contribution in [0, 0.1) is 11.3 Å². The van der Waals surface area contributed by atoms with Crippen molar-refractivity contribution in [3.05, 3.63) is 58.3 Å². The van der Waals surface area contributed by atoms with Crippen LogP contribution < -0.4 is 5.32 Å². The van der Waals surface area contributed by atoms with Crippen molar-refractivity contribution in [3.63, 3.8) is 0 Å². The number of amides is 2. The second kappa shape index (κ2) is 10.5. The molecule has 0 unspecified atom stereocenters. The summed E-state index contributed by atoms with van der Waals surface area (Å²) in [4.78, 5) is 34.3. The highest BCUT2D eigenvalue weighted by Gasteiger charge is 2.49. The summed E-state index contributed by atoms with van der Waals surface area (Å²) in [5.41, 5.74) is 3.12. The van der Waals surface area contributed by atoms with Crippen molar-refractivity contribution in [1.29, 1.82) is 0 Å². The third-order valence-electron chi connectivity index (χ3n) is 8.52. The smallest absolute Gasteiger partial charge is 0.272 e. The fourth-order valence-electron chi connectivity index (χ4n) is 6.65. The van der Waals surface area contributed by atoms with E-state index < -0.39 is 12.3 Å². The molecule has 1 N–H and O–H groups in total. The van der Waals surface area contributed by atoms with Gasteiger partial charge in [0.2, 0.25) is 11.9 Å². The van der Waals surface area contributed by atoms with Crippen LogP contribution in [0.15, 0.2) is 43.0 Å². The van der Waals surface area contributed by atoms with Crippen molar-refractivity contribution < 1.29 is 18.4 Å². The molecule has 2 aromatic heterocycles. The summed E-state index contributed by atoms with van der Waals surface area (Å²) < 4.78 is 28.2. The average Bonchev–Trinajstić information content (AvgIpc) is 3.70. The van der Waals surface area contributed by atoms with Gasteiger partial charge in [-0.3, -0.25) is 19.8 Å². The monoisotopic (exact) mass is 553 g/mol. The number of aromatic nitrogens is 2. The third-order valence-corrected chi connectivity index (χ3v) is 9.61. The zero-order chi connectivity index (χ0) is 27.1. The predicted molar refractivity (Wildman–Crippen MR) is 148 cm³/mol. The van der Waals surface area contributed by atoms with E-state index >= 15 is 0 Å². The van der Waals surface area contributed by atoms with Crippen LogP contribution >= 0.6 is 11.3 Å². The Bertz CT molecular complexity index is 1400. The summed E-state index contributed by atoms with van der Waals surface area (Å²) in [5, 5.41) is 2.91. The van der Waals surface area contributed by atoms with Crippen LogP contribution in [-0.4, -0.2) is 57.3 Å². The number of fused-ring (bicyclic) bond motifs is 1. The van der Waals surface area contributed by atoms with Gasteiger partial charge in [0.25, 0.3) is 12.3 Å². The molecule has 1 saturated carbocycles. The predicted octanol–water partition coefficient (Wildman–Crippen LogP) is 5.70. The van der Waals surface area contributed by atoms with Crippen LogP contribution in [0.2, 0.25) is 0 Å². The summed E-state index contributed by atoms with van der Waals surface area (Å²) in [6, 6.07) is 9.05. The van der Waals surface area contributed by atoms with Crippen molar-refractivity contribution in [1.82, 2.24) is 19.4 Å². The Morgan fingerprint density at radius 2 is 1.97 bits per heavy atom. The van der Waals surface area contributed by atoms with Crippen LogP contribution in [-0.2, 0) is 17.9 Å². The van der Waals surface area contributed by atoms with E-state index in [1.807, 2.05) is 4.90 Å². The largest absolute Gasteiger partial charge is 0.339 e. The summed E-state index contributed by atoms with van der Waals surface area (Å²) in [6.07, 6.45) is 4.26. The van der Waals surface area contributed by atoms with Crippen molar-refractivity contribution in [3.8, 4) is 0 Å². The number of benzene rings is 1. The number of carbonyl (C=O) groups is 2. The molecule has 0 radical (unpaired) electrons. The van der Waals surface area contributed by atoms with Gasteiger partial charge in [-0.25, -0.2) is 13.8 Å². The number of rotatable bonds is 8. The maximum Gasteiger partial charge on any atom is 0.272 e. The highest BCUT2D eigenvalue weighted by atomic mass is 32.1.